The molecule has 1 fully saturated rings. The molecule has 0 atom stereocenters. The molecule has 11 heavy (non-hydrogen) atoms. The normalized spacial score (nSPS) is 18.2. The molecule has 0 unspecified atom stereocenters. The molecule has 0 spiro atoms. The maximum atomic E-state index is 8.96. The van der Waals surface area contributed by atoms with Crippen LogP contribution < -0.4 is 5.32 Å². The molecule has 4 nitrogen and oxygen atoms in total. The molecule has 4 heteroatoms. The van der Waals surface area contributed by atoms with Gasteiger partial charge in [0, 0.05) is 25.6 Å². The summed E-state index contributed by atoms with van der Waals surface area (Å²) in [5.74, 6) is 0.937. The van der Waals surface area contributed by atoms with Crippen LogP contribution in [0.1, 0.15) is 0 Å². The number of hydrogen-bond acceptors (Lipinski definition) is 3. The van der Waals surface area contributed by atoms with Crippen molar-refractivity contribution in [2.45, 2.75) is 6.54 Å². The Labute approximate surface area is 64.8 Å². The highest BCUT2D eigenvalue weighted by Gasteiger charge is 2.17. The third kappa shape index (κ3) is 1.35. The van der Waals surface area contributed by atoms with Crippen molar-refractivity contribution in [3.05, 3.63) is 12.4 Å². The Balaban J connectivity index is 1.95. The molecule has 1 aromatic heterocycles. The maximum Gasteiger partial charge on any atom is 0.153 e. The Bertz CT molecular complexity index is 242. The molecule has 2 heterocycles. The predicted molar refractivity (Wildman–Crippen MR) is 40.3 cm³/mol. The van der Waals surface area contributed by atoms with Gasteiger partial charge in [0.2, 0.25) is 0 Å². The fraction of sp³-hybridized carbons (Fsp3) is 0.571. The molecule has 0 bridgehead atoms. The molecule has 0 amide bonds. The molecule has 0 aliphatic carbocycles. The molecule has 0 radical (unpaired) electrons. The van der Waals surface area contributed by atoms with Crippen LogP contribution in [-0.4, -0.2) is 28.0 Å². The van der Waals surface area contributed by atoms with Gasteiger partial charge in [-0.25, -0.2) is 0 Å². The van der Waals surface area contributed by atoms with E-state index in [1.807, 2.05) is 0 Å². The summed E-state index contributed by atoms with van der Waals surface area (Å²) in [5.41, 5.74) is 0. The van der Waals surface area contributed by atoms with Gasteiger partial charge in [-0.1, -0.05) is 0 Å². The van der Waals surface area contributed by atoms with Crippen molar-refractivity contribution in [3.8, 4) is 5.75 Å². The minimum Gasteiger partial charge on any atom is -0.505 e. The third-order valence-corrected chi connectivity index (χ3v) is 1.93. The lowest BCUT2D eigenvalue weighted by atomic mass is 10.0. The van der Waals surface area contributed by atoms with Crippen molar-refractivity contribution in [2.75, 3.05) is 13.1 Å². The van der Waals surface area contributed by atoms with Crippen LogP contribution in [0, 0.1) is 5.92 Å². The minimum absolute atomic E-state index is 0.247. The summed E-state index contributed by atoms with van der Waals surface area (Å²) >= 11 is 0. The van der Waals surface area contributed by atoms with Crippen LogP contribution in [-0.2, 0) is 6.54 Å². The zero-order chi connectivity index (χ0) is 7.68. The Morgan fingerprint density at radius 3 is 3.00 bits per heavy atom. The minimum atomic E-state index is 0.247. The fourth-order valence-electron chi connectivity index (χ4n) is 1.19. The molecule has 60 valence electrons. The zero-order valence-electron chi connectivity index (χ0n) is 6.20. The first kappa shape index (κ1) is 6.67. The average Bonchev–Trinajstić information content (AvgIpc) is 2.27. The van der Waals surface area contributed by atoms with Gasteiger partial charge in [0.15, 0.2) is 5.75 Å². The molecule has 1 aliphatic rings. The van der Waals surface area contributed by atoms with Gasteiger partial charge in [-0.2, -0.15) is 5.10 Å². The van der Waals surface area contributed by atoms with Crippen molar-refractivity contribution in [3.63, 3.8) is 0 Å². The molecule has 2 N–H and O–H groups in total. The van der Waals surface area contributed by atoms with Crippen LogP contribution in [0.2, 0.25) is 0 Å². The van der Waals surface area contributed by atoms with E-state index >= 15 is 0 Å². The van der Waals surface area contributed by atoms with E-state index in [1.54, 1.807) is 10.9 Å². The fourth-order valence-corrected chi connectivity index (χ4v) is 1.19. The standard InChI is InChI=1S/C7H11N3O/c11-7-3-9-10(5-7)4-6-1-8-2-6/h3,5-6,8,11H,1-2,4H2. The first-order chi connectivity index (χ1) is 5.34. The van der Waals surface area contributed by atoms with Crippen molar-refractivity contribution in [1.82, 2.24) is 15.1 Å². The average molecular weight is 153 g/mol. The monoisotopic (exact) mass is 153 g/mol. The van der Waals surface area contributed by atoms with Crippen LogP contribution in [0.5, 0.6) is 5.75 Å². The molecule has 1 aromatic rings. The van der Waals surface area contributed by atoms with Crippen LogP contribution in [0.25, 0.3) is 0 Å². The van der Waals surface area contributed by atoms with Gasteiger partial charge in [0.05, 0.1) is 12.4 Å². The largest absolute Gasteiger partial charge is 0.505 e. The van der Waals surface area contributed by atoms with Gasteiger partial charge >= 0.3 is 0 Å². The van der Waals surface area contributed by atoms with E-state index < -0.39 is 0 Å². The first-order valence-electron chi connectivity index (χ1n) is 3.77. The van der Waals surface area contributed by atoms with Crippen LogP contribution >= 0.6 is 0 Å². The summed E-state index contributed by atoms with van der Waals surface area (Å²) in [6, 6.07) is 0. The molecule has 1 saturated heterocycles. The zero-order valence-corrected chi connectivity index (χ0v) is 6.20. The molecule has 1 aliphatic heterocycles. The second-order valence-corrected chi connectivity index (χ2v) is 2.94. The number of nitrogens with zero attached hydrogens (tertiary/aromatic N) is 2. The molecule has 0 aromatic carbocycles. The summed E-state index contributed by atoms with van der Waals surface area (Å²) in [6.45, 7) is 3.05. The van der Waals surface area contributed by atoms with E-state index in [9.17, 15) is 0 Å². The molecular formula is C7H11N3O. The highest BCUT2D eigenvalue weighted by Crippen LogP contribution is 2.09. The summed E-state index contributed by atoms with van der Waals surface area (Å²) < 4.78 is 1.78. The van der Waals surface area contributed by atoms with Crippen LogP contribution in [0.4, 0.5) is 0 Å². The van der Waals surface area contributed by atoms with Gasteiger partial charge in [-0.15, -0.1) is 0 Å². The first-order valence-corrected chi connectivity index (χ1v) is 3.77. The number of hydrogen-bond donors (Lipinski definition) is 2. The second kappa shape index (κ2) is 2.54. The van der Waals surface area contributed by atoms with Crippen LogP contribution in [0.3, 0.4) is 0 Å². The Hall–Kier alpha value is -1.03. The van der Waals surface area contributed by atoms with E-state index in [4.69, 9.17) is 5.11 Å². The highest BCUT2D eigenvalue weighted by atomic mass is 16.3. The van der Waals surface area contributed by atoms with Gasteiger partial charge in [-0.3, -0.25) is 4.68 Å². The Kier molecular flexibility index (Phi) is 1.54. The van der Waals surface area contributed by atoms with E-state index in [1.165, 1.54) is 6.20 Å². The van der Waals surface area contributed by atoms with Crippen molar-refractivity contribution in [1.29, 1.82) is 0 Å². The van der Waals surface area contributed by atoms with E-state index in [-0.39, 0.29) is 5.75 Å². The van der Waals surface area contributed by atoms with Gasteiger partial charge < -0.3 is 10.4 Å². The second-order valence-electron chi connectivity index (χ2n) is 2.94. The van der Waals surface area contributed by atoms with Gasteiger partial charge in [-0.05, 0) is 0 Å². The predicted octanol–water partition coefficient (Wildman–Crippen LogP) is -0.192. The molecular weight excluding hydrogens is 142 g/mol. The number of aromatic nitrogens is 2. The quantitative estimate of drug-likeness (QED) is 0.619. The number of rotatable bonds is 2. The lowest BCUT2D eigenvalue weighted by Crippen LogP contribution is -2.44. The lowest BCUT2D eigenvalue weighted by Gasteiger charge is -2.26. The summed E-state index contributed by atoms with van der Waals surface area (Å²) in [6.07, 6.45) is 3.12. The topological polar surface area (TPSA) is 50.1 Å². The van der Waals surface area contributed by atoms with Crippen LogP contribution in [0.15, 0.2) is 12.4 Å². The summed E-state index contributed by atoms with van der Waals surface area (Å²) in [5, 5.41) is 16.1. The Morgan fingerprint density at radius 1 is 1.73 bits per heavy atom. The SMILES string of the molecule is Oc1cnn(CC2CNC2)c1. The van der Waals surface area contributed by atoms with E-state index in [2.05, 4.69) is 10.4 Å². The smallest absolute Gasteiger partial charge is 0.153 e. The Morgan fingerprint density at radius 2 is 2.55 bits per heavy atom. The van der Waals surface area contributed by atoms with Crippen molar-refractivity contribution < 1.29 is 5.11 Å². The molecule has 2 rings (SSSR count). The van der Waals surface area contributed by atoms with Gasteiger partial charge in [0.25, 0.3) is 0 Å². The van der Waals surface area contributed by atoms with Crippen molar-refractivity contribution in [2.24, 2.45) is 5.92 Å². The number of aromatic hydroxyl groups is 1. The summed E-state index contributed by atoms with van der Waals surface area (Å²) in [7, 11) is 0. The summed E-state index contributed by atoms with van der Waals surface area (Å²) in [4.78, 5) is 0. The van der Waals surface area contributed by atoms with Crippen molar-refractivity contribution >= 4 is 0 Å². The number of nitrogens with one attached hydrogen (secondary N) is 1. The lowest BCUT2D eigenvalue weighted by molar-refractivity contribution is 0.295. The van der Waals surface area contributed by atoms with Gasteiger partial charge in [0.1, 0.15) is 0 Å². The maximum absolute atomic E-state index is 8.96. The molecule has 0 saturated carbocycles. The third-order valence-electron chi connectivity index (χ3n) is 1.93. The van der Waals surface area contributed by atoms with E-state index in [0.29, 0.717) is 5.92 Å². The highest BCUT2D eigenvalue weighted by molar-refractivity contribution is 5.08. The van der Waals surface area contributed by atoms with E-state index in [0.717, 1.165) is 19.6 Å².